The molecule has 4 rings (SSSR count). The molecular formula is C20H20N6S. The van der Waals surface area contributed by atoms with E-state index in [9.17, 15) is 0 Å². The van der Waals surface area contributed by atoms with E-state index in [4.69, 9.17) is 5.73 Å². The van der Waals surface area contributed by atoms with Gasteiger partial charge in [-0.05, 0) is 29.8 Å². The Balaban J connectivity index is 1.62. The number of aromatic amines is 1. The minimum Gasteiger partial charge on any atom is -0.384 e. The van der Waals surface area contributed by atoms with Gasteiger partial charge in [0.25, 0.3) is 0 Å². The van der Waals surface area contributed by atoms with E-state index in [0.717, 1.165) is 33.5 Å². The molecule has 0 fully saturated rings. The van der Waals surface area contributed by atoms with Crippen molar-refractivity contribution in [2.75, 3.05) is 22.0 Å². The number of rotatable bonds is 6. The molecule has 6 nitrogen and oxygen atoms in total. The lowest BCUT2D eigenvalue weighted by molar-refractivity contribution is 1.10. The lowest BCUT2D eigenvalue weighted by Crippen LogP contribution is -2.02. The highest BCUT2D eigenvalue weighted by atomic mass is 32.2. The third-order valence-corrected chi connectivity index (χ3v) is 4.71. The second-order valence-electron chi connectivity index (χ2n) is 6.16. The molecule has 0 atom stereocenters. The van der Waals surface area contributed by atoms with Crippen LogP contribution in [0.15, 0.2) is 60.8 Å². The van der Waals surface area contributed by atoms with E-state index in [1.807, 2.05) is 30.5 Å². The molecule has 0 radical (unpaired) electrons. The lowest BCUT2D eigenvalue weighted by Gasteiger charge is -2.12. The molecule has 0 unspecified atom stereocenters. The van der Waals surface area contributed by atoms with Crippen molar-refractivity contribution in [3.63, 3.8) is 0 Å². The average Bonchev–Trinajstić information content (AvgIpc) is 3.21. The number of nitrogens with one attached hydrogen (secondary N) is 3. The Morgan fingerprint density at radius 2 is 2.04 bits per heavy atom. The van der Waals surface area contributed by atoms with Crippen LogP contribution in [0.25, 0.3) is 22.2 Å². The van der Waals surface area contributed by atoms with Gasteiger partial charge >= 0.3 is 0 Å². The van der Waals surface area contributed by atoms with Gasteiger partial charge in [-0.2, -0.15) is 5.10 Å². The van der Waals surface area contributed by atoms with Gasteiger partial charge in [0, 0.05) is 47.4 Å². The van der Waals surface area contributed by atoms with Gasteiger partial charge in [-0.3, -0.25) is 5.10 Å². The molecule has 0 spiro atoms. The van der Waals surface area contributed by atoms with Gasteiger partial charge in [-0.15, -0.1) is 0 Å². The van der Waals surface area contributed by atoms with Gasteiger partial charge in [0.1, 0.15) is 5.82 Å². The summed E-state index contributed by atoms with van der Waals surface area (Å²) in [7, 11) is 0. The number of fused-ring (bicyclic) bond motifs is 1. The van der Waals surface area contributed by atoms with Gasteiger partial charge in [0.2, 0.25) is 0 Å². The zero-order chi connectivity index (χ0) is 18.6. The van der Waals surface area contributed by atoms with Crippen LogP contribution in [0.4, 0.5) is 17.2 Å². The molecule has 27 heavy (non-hydrogen) atoms. The number of nitrogens with two attached hydrogens (primary N) is 1. The topological polar surface area (TPSA) is 91.7 Å². The molecule has 0 saturated carbocycles. The first-order valence-electron chi connectivity index (χ1n) is 8.55. The van der Waals surface area contributed by atoms with Gasteiger partial charge < -0.3 is 15.8 Å². The maximum absolute atomic E-state index is 6.04. The Morgan fingerprint density at radius 3 is 2.85 bits per heavy atom. The van der Waals surface area contributed by atoms with Crippen LogP contribution in [0.3, 0.4) is 0 Å². The number of nitrogens with zero attached hydrogens (tertiary/aromatic N) is 2. The Kier molecular flexibility index (Phi) is 4.84. The monoisotopic (exact) mass is 376 g/mol. The van der Waals surface area contributed by atoms with Crippen LogP contribution in [0.2, 0.25) is 0 Å². The summed E-state index contributed by atoms with van der Waals surface area (Å²) in [6, 6.07) is 18.3. The van der Waals surface area contributed by atoms with E-state index in [1.54, 1.807) is 18.1 Å². The van der Waals surface area contributed by atoms with Crippen LogP contribution in [0.5, 0.6) is 0 Å². The zero-order valence-corrected chi connectivity index (χ0v) is 15.7. The first-order chi connectivity index (χ1) is 13.2. The van der Waals surface area contributed by atoms with Crippen molar-refractivity contribution in [1.29, 1.82) is 0 Å². The molecule has 5 N–H and O–H groups in total. The van der Waals surface area contributed by atoms with Crippen LogP contribution < -0.4 is 15.8 Å². The summed E-state index contributed by atoms with van der Waals surface area (Å²) >= 11 is 1.58. The Morgan fingerprint density at radius 1 is 1.11 bits per heavy atom. The summed E-state index contributed by atoms with van der Waals surface area (Å²) in [6.45, 7) is 0.699. The third-order valence-electron chi connectivity index (χ3n) is 4.27. The van der Waals surface area contributed by atoms with Crippen molar-refractivity contribution in [2.45, 2.75) is 6.54 Å². The summed E-state index contributed by atoms with van der Waals surface area (Å²) in [5, 5.41) is 11.5. The highest BCUT2D eigenvalue weighted by molar-refractivity contribution is 7.99. The summed E-state index contributed by atoms with van der Waals surface area (Å²) < 4.78 is 3.26. The van der Waals surface area contributed by atoms with Crippen molar-refractivity contribution < 1.29 is 0 Å². The maximum atomic E-state index is 6.04. The molecule has 2 heterocycles. The number of pyridine rings is 1. The van der Waals surface area contributed by atoms with Crippen molar-refractivity contribution in [3.05, 3.63) is 66.4 Å². The Labute approximate surface area is 161 Å². The first-order valence-corrected chi connectivity index (χ1v) is 9.77. The summed E-state index contributed by atoms with van der Waals surface area (Å²) in [5.41, 5.74) is 12.1. The number of nitrogen functional groups attached to an aromatic ring is 1. The van der Waals surface area contributed by atoms with Crippen LogP contribution in [0.1, 0.15) is 5.56 Å². The first kappa shape index (κ1) is 17.2. The second-order valence-corrected chi connectivity index (χ2v) is 6.77. The molecule has 2 aromatic carbocycles. The van der Waals surface area contributed by atoms with Crippen LogP contribution in [-0.2, 0) is 6.54 Å². The zero-order valence-electron chi connectivity index (χ0n) is 14.9. The van der Waals surface area contributed by atoms with E-state index in [0.29, 0.717) is 12.4 Å². The Bertz CT molecular complexity index is 1060. The largest absolute Gasteiger partial charge is 0.384 e. The summed E-state index contributed by atoms with van der Waals surface area (Å²) in [6.07, 6.45) is 3.74. The molecule has 136 valence electrons. The molecule has 0 amide bonds. The summed E-state index contributed by atoms with van der Waals surface area (Å²) in [5.74, 6) is 0.490. The average molecular weight is 376 g/mol. The molecule has 0 aliphatic heterocycles. The number of aromatic nitrogens is 3. The van der Waals surface area contributed by atoms with Gasteiger partial charge in [-0.25, -0.2) is 4.98 Å². The number of anilines is 3. The van der Waals surface area contributed by atoms with Gasteiger partial charge in [0.05, 0.1) is 11.2 Å². The predicted molar refractivity (Wildman–Crippen MR) is 115 cm³/mol. The third kappa shape index (κ3) is 3.83. The van der Waals surface area contributed by atoms with Gasteiger partial charge in [-0.1, -0.05) is 36.2 Å². The minimum absolute atomic E-state index is 0.490. The quantitative estimate of drug-likeness (QED) is 0.370. The fourth-order valence-corrected chi connectivity index (χ4v) is 3.40. The standard InChI is InChI=1S/C20H20N6S/c1-27-26-15-4-2-3-13(9-15)12-22-18-11-20(21)24-19-10-14(5-6-16(18)19)17-7-8-23-25-17/h2-11,26H,12H2,1H3,(H,23,25)(H3,21,22,24). The smallest absolute Gasteiger partial charge is 0.126 e. The maximum Gasteiger partial charge on any atom is 0.126 e. The minimum atomic E-state index is 0.490. The molecule has 4 aromatic rings. The van der Waals surface area contributed by atoms with Crippen LogP contribution in [-0.4, -0.2) is 21.4 Å². The van der Waals surface area contributed by atoms with Gasteiger partial charge in [0.15, 0.2) is 0 Å². The number of H-pyrrole nitrogens is 1. The van der Waals surface area contributed by atoms with E-state index in [2.05, 4.69) is 55.6 Å². The molecule has 7 heteroatoms. The normalized spacial score (nSPS) is 10.9. The van der Waals surface area contributed by atoms with E-state index in [-0.39, 0.29) is 0 Å². The molecule has 0 aliphatic rings. The highest BCUT2D eigenvalue weighted by Gasteiger charge is 2.08. The van der Waals surface area contributed by atoms with Crippen molar-refractivity contribution in [3.8, 4) is 11.3 Å². The summed E-state index contributed by atoms with van der Waals surface area (Å²) in [4.78, 5) is 4.49. The number of hydrogen-bond acceptors (Lipinski definition) is 6. The van der Waals surface area contributed by atoms with Crippen molar-refractivity contribution >= 4 is 40.0 Å². The van der Waals surface area contributed by atoms with E-state index >= 15 is 0 Å². The fourth-order valence-electron chi connectivity index (χ4n) is 3.04. The highest BCUT2D eigenvalue weighted by Crippen LogP contribution is 2.29. The fraction of sp³-hybridized carbons (Fsp3) is 0.100. The molecule has 0 saturated heterocycles. The van der Waals surface area contributed by atoms with Crippen LogP contribution >= 0.6 is 11.9 Å². The molecule has 2 aromatic heterocycles. The van der Waals surface area contributed by atoms with E-state index in [1.165, 1.54) is 5.56 Å². The van der Waals surface area contributed by atoms with Crippen molar-refractivity contribution in [2.24, 2.45) is 0 Å². The second kappa shape index (κ2) is 7.59. The number of hydrogen-bond donors (Lipinski definition) is 4. The van der Waals surface area contributed by atoms with Crippen molar-refractivity contribution in [1.82, 2.24) is 15.2 Å². The number of benzene rings is 2. The molecule has 0 bridgehead atoms. The predicted octanol–water partition coefficient (Wildman–Crippen LogP) is 4.51. The lowest BCUT2D eigenvalue weighted by atomic mass is 10.1. The van der Waals surface area contributed by atoms with E-state index < -0.39 is 0 Å². The SMILES string of the molecule is CSNc1cccc(CNc2cc(N)nc3cc(-c4ccn[nH]4)ccc23)c1. The molecular weight excluding hydrogens is 356 g/mol. The van der Waals surface area contributed by atoms with Crippen LogP contribution in [0, 0.1) is 0 Å². The molecule has 0 aliphatic carbocycles. The Hall–Kier alpha value is -3.19.